The van der Waals surface area contributed by atoms with Gasteiger partial charge >= 0.3 is 0 Å². The minimum absolute atomic E-state index is 0.00152. The first-order valence-electron chi connectivity index (χ1n) is 6.49. The van der Waals surface area contributed by atoms with E-state index < -0.39 is 15.7 Å². The molecule has 2 nitrogen and oxygen atoms in total. The topological polar surface area (TPSA) is 34.1 Å². The van der Waals surface area contributed by atoms with Crippen LogP contribution in [0.5, 0.6) is 0 Å². The van der Waals surface area contributed by atoms with Gasteiger partial charge in [0.25, 0.3) is 0 Å². The summed E-state index contributed by atoms with van der Waals surface area (Å²) in [5, 5.41) is 1.72. The Morgan fingerprint density at radius 2 is 1.95 bits per heavy atom. The number of sulfone groups is 1. The van der Waals surface area contributed by atoms with Gasteiger partial charge in [-0.3, -0.25) is 0 Å². The van der Waals surface area contributed by atoms with E-state index in [1.165, 1.54) is 23.5 Å². The Labute approximate surface area is 137 Å². The maximum atomic E-state index is 13.6. The number of thiophene rings is 1. The van der Waals surface area contributed by atoms with E-state index in [1.807, 2.05) is 24.3 Å². The van der Waals surface area contributed by atoms with Crippen LogP contribution in [-0.4, -0.2) is 14.7 Å². The Balaban J connectivity index is 2.01. The van der Waals surface area contributed by atoms with Gasteiger partial charge in [-0.05, 0) is 41.3 Å². The lowest BCUT2D eigenvalue weighted by molar-refractivity contribution is 0.595. The number of rotatable bonds is 3. The minimum atomic E-state index is -3.43. The predicted molar refractivity (Wildman–Crippen MR) is 89.2 cm³/mol. The van der Waals surface area contributed by atoms with Crippen LogP contribution in [0.15, 0.2) is 47.4 Å². The van der Waals surface area contributed by atoms with Crippen LogP contribution in [0.3, 0.4) is 0 Å². The van der Waals surface area contributed by atoms with Gasteiger partial charge in [0, 0.05) is 17.6 Å². The molecule has 22 heavy (non-hydrogen) atoms. The van der Waals surface area contributed by atoms with Crippen molar-refractivity contribution in [2.24, 2.45) is 0 Å². The molecule has 3 rings (SSSR count). The van der Waals surface area contributed by atoms with E-state index in [1.54, 1.807) is 0 Å². The van der Waals surface area contributed by atoms with Crippen molar-refractivity contribution in [2.75, 3.05) is 6.26 Å². The first kappa shape index (κ1) is 15.5. The molecule has 0 aliphatic carbocycles. The molecule has 1 heterocycles. The molecule has 0 unspecified atom stereocenters. The standard InChI is InChI=1S/C16H12ClFO2S2/c1-22(19,20)14-7-10(5-12(18)9-14)6-13-8-11-3-2-4-15(17)16(11)21-13/h2-5,7-9H,6H2,1H3. The van der Waals surface area contributed by atoms with Crippen molar-refractivity contribution in [3.05, 3.63) is 63.7 Å². The van der Waals surface area contributed by atoms with Crippen molar-refractivity contribution < 1.29 is 12.8 Å². The highest BCUT2D eigenvalue weighted by Crippen LogP contribution is 2.33. The Bertz CT molecular complexity index is 961. The minimum Gasteiger partial charge on any atom is -0.224 e. The van der Waals surface area contributed by atoms with E-state index in [2.05, 4.69) is 0 Å². The molecule has 0 bridgehead atoms. The van der Waals surface area contributed by atoms with Gasteiger partial charge in [-0.2, -0.15) is 0 Å². The molecule has 0 fully saturated rings. The van der Waals surface area contributed by atoms with Crippen LogP contribution in [0.25, 0.3) is 10.1 Å². The Morgan fingerprint density at radius 3 is 2.64 bits per heavy atom. The zero-order chi connectivity index (χ0) is 15.9. The molecule has 1 aromatic heterocycles. The third kappa shape index (κ3) is 3.16. The summed E-state index contributed by atoms with van der Waals surface area (Å²) >= 11 is 7.69. The van der Waals surface area contributed by atoms with Crippen LogP contribution < -0.4 is 0 Å². The molecule has 0 saturated heterocycles. The number of hydrogen-bond donors (Lipinski definition) is 0. The van der Waals surface area contributed by atoms with E-state index in [-0.39, 0.29) is 4.90 Å². The predicted octanol–water partition coefficient (Wildman–Crippen LogP) is 4.69. The van der Waals surface area contributed by atoms with Crippen molar-refractivity contribution in [3.63, 3.8) is 0 Å². The highest BCUT2D eigenvalue weighted by atomic mass is 35.5. The average molecular weight is 355 g/mol. The van der Waals surface area contributed by atoms with Crippen molar-refractivity contribution >= 4 is 42.9 Å². The fourth-order valence-electron chi connectivity index (χ4n) is 2.31. The molecule has 0 amide bonds. The van der Waals surface area contributed by atoms with Crippen LogP contribution >= 0.6 is 22.9 Å². The van der Waals surface area contributed by atoms with Gasteiger partial charge in [-0.15, -0.1) is 11.3 Å². The second-order valence-electron chi connectivity index (χ2n) is 5.12. The van der Waals surface area contributed by atoms with E-state index >= 15 is 0 Å². The van der Waals surface area contributed by atoms with Crippen LogP contribution in [0.1, 0.15) is 10.4 Å². The van der Waals surface area contributed by atoms with Crippen LogP contribution in [0.4, 0.5) is 4.39 Å². The smallest absolute Gasteiger partial charge is 0.175 e. The molecule has 2 aromatic carbocycles. The van der Waals surface area contributed by atoms with Gasteiger partial charge < -0.3 is 0 Å². The van der Waals surface area contributed by atoms with Gasteiger partial charge in [0.15, 0.2) is 9.84 Å². The lowest BCUT2D eigenvalue weighted by Gasteiger charge is -2.04. The number of hydrogen-bond acceptors (Lipinski definition) is 3. The molecule has 6 heteroatoms. The molecule has 0 N–H and O–H groups in total. The summed E-state index contributed by atoms with van der Waals surface area (Å²) < 4.78 is 37.8. The highest BCUT2D eigenvalue weighted by molar-refractivity contribution is 7.90. The molecule has 0 saturated carbocycles. The van der Waals surface area contributed by atoms with E-state index in [9.17, 15) is 12.8 Å². The van der Waals surface area contributed by atoms with E-state index in [0.717, 1.165) is 27.3 Å². The van der Waals surface area contributed by atoms with Crippen molar-refractivity contribution in [1.29, 1.82) is 0 Å². The molecule has 0 spiro atoms. The summed E-state index contributed by atoms with van der Waals surface area (Å²) in [5.41, 5.74) is 0.628. The van der Waals surface area contributed by atoms with Crippen LogP contribution in [-0.2, 0) is 16.3 Å². The third-order valence-electron chi connectivity index (χ3n) is 3.28. The van der Waals surface area contributed by atoms with E-state index in [0.29, 0.717) is 17.0 Å². The molecule has 3 aromatic rings. The Kier molecular flexibility index (Phi) is 3.97. The summed E-state index contributed by atoms with van der Waals surface area (Å²) in [6.45, 7) is 0. The second-order valence-corrected chi connectivity index (χ2v) is 8.67. The SMILES string of the molecule is CS(=O)(=O)c1cc(F)cc(Cc2cc3cccc(Cl)c3s2)c1. The highest BCUT2D eigenvalue weighted by Gasteiger charge is 2.12. The summed E-state index contributed by atoms with van der Waals surface area (Å²) in [5.74, 6) is -0.544. The molecule has 0 atom stereocenters. The molecular formula is C16H12ClFO2S2. The van der Waals surface area contributed by atoms with Gasteiger partial charge in [-0.25, -0.2) is 12.8 Å². The van der Waals surface area contributed by atoms with Crippen molar-refractivity contribution in [2.45, 2.75) is 11.3 Å². The summed E-state index contributed by atoms with van der Waals surface area (Å²) in [6, 6.07) is 11.6. The number of fused-ring (bicyclic) bond motifs is 1. The fourth-order valence-corrected chi connectivity index (χ4v) is 4.39. The zero-order valence-corrected chi connectivity index (χ0v) is 14.0. The summed E-state index contributed by atoms with van der Waals surface area (Å²) in [4.78, 5) is 1.01. The normalized spacial score (nSPS) is 12.0. The first-order chi connectivity index (χ1) is 10.3. The van der Waals surface area contributed by atoms with Gasteiger partial charge in [0.1, 0.15) is 5.82 Å². The van der Waals surface area contributed by atoms with Gasteiger partial charge in [0.2, 0.25) is 0 Å². The quantitative estimate of drug-likeness (QED) is 0.683. The fraction of sp³-hybridized carbons (Fsp3) is 0.125. The van der Waals surface area contributed by atoms with E-state index in [4.69, 9.17) is 11.6 Å². The summed E-state index contributed by atoms with van der Waals surface area (Å²) in [7, 11) is -3.43. The van der Waals surface area contributed by atoms with Crippen LogP contribution in [0.2, 0.25) is 5.02 Å². The van der Waals surface area contributed by atoms with Crippen molar-refractivity contribution in [1.82, 2.24) is 0 Å². The molecule has 0 aliphatic rings. The lowest BCUT2D eigenvalue weighted by atomic mass is 10.1. The number of halogens is 2. The van der Waals surface area contributed by atoms with Crippen LogP contribution in [0, 0.1) is 5.82 Å². The lowest BCUT2D eigenvalue weighted by Crippen LogP contribution is -1.99. The van der Waals surface area contributed by atoms with Gasteiger partial charge in [-0.1, -0.05) is 23.7 Å². The maximum absolute atomic E-state index is 13.6. The molecular weight excluding hydrogens is 343 g/mol. The van der Waals surface area contributed by atoms with Crippen molar-refractivity contribution in [3.8, 4) is 0 Å². The molecule has 0 aliphatic heterocycles. The monoisotopic (exact) mass is 354 g/mol. The summed E-state index contributed by atoms with van der Waals surface area (Å²) in [6.07, 6.45) is 1.54. The largest absolute Gasteiger partial charge is 0.224 e. The first-order valence-corrected chi connectivity index (χ1v) is 9.58. The Morgan fingerprint density at radius 1 is 1.18 bits per heavy atom. The Hall–Kier alpha value is -1.43. The second kappa shape index (κ2) is 5.65. The molecule has 0 radical (unpaired) electrons. The maximum Gasteiger partial charge on any atom is 0.175 e. The third-order valence-corrected chi connectivity index (χ3v) is 5.99. The average Bonchev–Trinajstić information content (AvgIpc) is 2.81. The number of benzene rings is 2. The molecule has 114 valence electrons. The van der Waals surface area contributed by atoms with Gasteiger partial charge in [0.05, 0.1) is 14.6 Å². The zero-order valence-electron chi connectivity index (χ0n) is 11.6.